The van der Waals surface area contributed by atoms with Gasteiger partial charge in [-0.15, -0.1) is 0 Å². The van der Waals surface area contributed by atoms with Crippen LogP contribution in [0.5, 0.6) is 0 Å². The van der Waals surface area contributed by atoms with Crippen molar-refractivity contribution in [3.63, 3.8) is 0 Å². The van der Waals surface area contributed by atoms with Gasteiger partial charge < -0.3 is 9.80 Å². The van der Waals surface area contributed by atoms with Crippen LogP contribution in [0.15, 0.2) is 170 Å². The van der Waals surface area contributed by atoms with E-state index in [2.05, 4.69) is 233 Å². The van der Waals surface area contributed by atoms with E-state index in [4.69, 9.17) is 0 Å². The lowest BCUT2D eigenvalue weighted by molar-refractivity contribution is 0.663. The third-order valence-corrected chi connectivity index (χ3v) is 17.8. The Hall–Kier alpha value is -6.21. The zero-order valence-corrected chi connectivity index (χ0v) is 38.6. The fourth-order valence-corrected chi connectivity index (χ4v) is 12.7. The van der Waals surface area contributed by atoms with Crippen molar-refractivity contribution in [1.29, 1.82) is 0 Å². The molecule has 0 spiro atoms. The van der Waals surface area contributed by atoms with Crippen molar-refractivity contribution < 1.29 is 0 Å². The van der Waals surface area contributed by atoms with Crippen LogP contribution in [0.1, 0.15) is 25.0 Å². The second-order valence-electron chi connectivity index (χ2n) is 19.9. The Bertz CT molecular complexity index is 3340. The van der Waals surface area contributed by atoms with E-state index in [0.29, 0.717) is 0 Å². The summed E-state index contributed by atoms with van der Waals surface area (Å²) < 4.78 is 0. The minimum atomic E-state index is -1.52. The molecular formula is C57H52N2Si2. The molecule has 1 aliphatic rings. The van der Waals surface area contributed by atoms with Gasteiger partial charge >= 0.3 is 0 Å². The summed E-state index contributed by atoms with van der Waals surface area (Å²) in [5.41, 5.74) is 9.76. The highest BCUT2D eigenvalue weighted by atomic mass is 28.3. The van der Waals surface area contributed by atoms with Crippen LogP contribution >= 0.6 is 0 Å². The summed E-state index contributed by atoms with van der Waals surface area (Å²) in [6.07, 6.45) is 0. The molecule has 0 fully saturated rings. The SMILES string of the molecule is CC1(C)c2cccc3ccc4cc(N(c5ccc([Si](C)(C)C)cc5)c5ccc6ccc7c(N(c8ccccc8)c8ccc([Si](C)(C)C)cc8)ccc8ccc5c6c87)cc1c4c23. The van der Waals surface area contributed by atoms with Crippen LogP contribution in [0, 0.1) is 0 Å². The number of nitrogens with zero attached hydrogens (tertiary/aromatic N) is 2. The number of hydrogen-bond acceptors (Lipinski definition) is 2. The van der Waals surface area contributed by atoms with E-state index >= 15 is 0 Å². The molecule has 0 N–H and O–H groups in total. The van der Waals surface area contributed by atoms with Crippen LogP contribution in [0.25, 0.3) is 53.9 Å². The standard InChI is InChI=1S/C57H52N2Si2/c1-57(2)49-16-12-13-37-17-18-40-35-44(36-50(57)56(40)55(37)49)59(43-25-29-46(30-26-43)61(6,7)8)52-34-22-39-19-31-47-51(33-21-38-20-32-48(52)54(39)53(38)47)58(41-14-10-9-11-15-41)42-23-27-45(28-24-42)60(3,4)5/h9-36H,1-8H3. The molecule has 0 unspecified atom stereocenters. The van der Waals surface area contributed by atoms with E-state index in [9.17, 15) is 0 Å². The van der Waals surface area contributed by atoms with Crippen molar-refractivity contribution in [3.05, 3.63) is 181 Å². The number of anilines is 6. The summed E-state index contributed by atoms with van der Waals surface area (Å²) in [4.78, 5) is 4.98. The van der Waals surface area contributed by atoms with E-state index in [1.165, 1.54) is 104 Å². The van der Waals surface area contributed by atoms with Gasteiger partial charge in [0.15, 0.2) is 0 Å². The second-order valence-corrected chi connectivity index (χ2v) is 30.0. The third-order valence-electron chi connectivity index (χ3n) is 13.6. The molecule has 0 amide bonds. The smallest absolute Gasteiger partial charge is 0.0775 e. The fourth-order valence-electron chi connectivity index (χ4n) is 10.3. The van der Waals surface area contributed by atoms with Crippen molar-refractivity contribution in [2.24, 2.45) is 0 Å². The van der Waals surface area contributed by atoms with Gasteiger partial charge in [0.05, 0.1) is 27.5 Å². The average Bonchev–Trinajstić information content (AvgIpc) is 3.49. The van der Waals surface area contributed by atoms with Crippen molar-refractivity contribution in [3.8, 4) is 0 Å². The largest absolute Gasteiger partial charge is 0.310 e. The molecule has 10 aromatic carbocycles. The Morgan fingerprint density at radius 1 is 0.344 bits per heavy atom. The molecule has 2 nitrogen and oxygen atoms in total. The first-order valence-corrected chi connectivity index (χ1v) is 28.8. The van der Waals surface area contributed by atoms with Gasteiger partial charge in [-0.3, -0.25) is 0 Å². The molecule has 0 saturated heterocycles. The van der Waals surface area contributed by atoms with Gasteiger partial charge in [-0.25, -0.2) is 0 Å². The molecule has 0 atom stereocenters. The Morgan fingerprint density at radius 3 is 1.33 bits per heavy atom. The zero-order chi connectivity index (χ0) is 42.0. The molecule has 4 heteroatoms. The highest BCUT2D eigenvalue weighted by Crippen LogP contribution is 2.52. The molecule has 11 rings (SSSR count). The van der Waals surface area contributed by atoms with Gasteiger partial charge in [-0.2, -0.15) is 0 Å². The number of para-hydroxylation sites is 1. The molecule has 0 radical (unpaired) electrons. The van der Waals surface area contributed by atoms with E-state index < -0.39 is 16.1 Å². The highest BCUT2D eigenvalue weighted by molar-refractivity contribution is 6.89. The minimum Gasteiger partial charge on any atom is -0.310 e. The van der Waals surface area contributed by atoms with Gasteiger partial charge in [0.1, 0.15) is 0 Å². The molecule has 0 saturated carbocycles. The first-order valence-electron chi connectivity index (χ1n) is 21.8. The van der Waals surface area contributed by atoms with Gasteiger partial charge in [-0.05, 0) is 115 Å². The maximum atomic E-state index is 2.54. The number of benzene rings is 10. The van der Waals surface area contributed by atoms with Gasteiger partial charge in [0, 0.05) is 38.9 Å². The molecule has 298 valence electrons. The normalized spacial score (nSPS) is 13.7. The van der Waals surface area contributed by atoms with Crippen molar-refractivity contribution in [1.82, 2.24) is 0 Å². The van der Waals surface area contributed by atoms with Crippen LogP contribution in [-0.2, 0) is 5.41 Å². The zero-order valence-electron chi connectivity index (χ0n) is 36.6. The maximum Gasteiger partial charge on any atom is 0.0775 e. The quantitative estimate of drug-likeness (QED) is 0.111. The summed E-state index contributed by atoms with van der Waals surface area (Å²) in [6.45, 7) is 19.4. The number of rotatable bonds is 8. The van der Waals surface area contributed by atoms with Gasteiger partial charge in [0.25, 0.3) is 0 Å². The maximum absolute atomic E-state index is 2.54. The Balaban J connectivity index is 1.16. The Morgan fingerprint density at radius 2 is 0.787 bits per heavy atom. The van der Waals surface area contributed by atoms with Crippen molar-refractivity contribution in [2.45, 2.75) is 58.5 Å². The van der Waals surface area contributed by atoms with Crippen LogP contribution in [0.3, 0.4) is 0 Å². The van der Waals surface area contributed by atoms with Crippen LogP contribution in [-0.4, -0.2) is 16.1 Å². The first-order chi connectivity index (χ1) is 29.3. The highest BCUT2D eigenvalue weighted by Gasteiger charge is 2.35. The van der Waals surface area contributed by atoms with Crippen molar-refractivity contribution >= 4 is 115 Å². The monoisotopic (exact) mass is 820 g/mol. The summed E-state index contributed by atoms with van der Waals surface area (Å²) in [7, 11) is -2.99. The topological polar surface area (TPSA) is 6.48 Å². The molecule has 10 aromatic rings. The Kier molecular flexibility index (Phi) is 8.29. The first kappa shape index (κ1) is 37.8. The molecule has 0 heterocycles. The lowest BCUT2D eigenvalue weighted by Crippen LogP contribution is -2.37. The summed E-state index contributed by atoms with van der Waals surface area (Å²) in [5, 5.41) is 16.0. The molecular weight excluding hydrogens is 769 g/mol. The van der Waals surface area contributed by atoms with Crippen LogP contribution in [0.2, 0.25) is 39.3 Å². The summed E-state index contributed by atoms with van der Waals surface area (Å²) >= 11 is 0. The molecule has 61 heavy (non-hydrogen) atoms. The Labute approximate surface area is 362 Å². The van der Waals surface area contributed by atoms with Gasteiger partial charge in [0.2, 0.25) is 0 Å². The summed E-state index contributed by atoms with van der Waals surface area (Å²) in [5.74, 6) is 0. The molecule has 0 bridgehead atoms. The third kappa shape index (κ3) is 5.87. The van der Waals surface area contributed by atoms with E-state index in [-0.39, 0.29) is 5.41 Å². The van der Waals surface area contributed by atoms with E-state index in [0.717, 1.165) is 5.69 Å². The number of hydrogen-bond donors (Lipinski definition) is 0. The molecule has 0 aliphatic heterocycles. The lowest BCUT2D eigenvalue weighted by Gasteiger charge is -2.31. The predicted octanol–water partition coefficient (Wildman–Crippen LogP) is 15.6. The van der Waals surface area contributed by atoms with Crippen LogP contribution in [0.4, 0.5) is 34.1 Å². The van der Waals surface area contributed by atoms with E-state index in [1.54, 1.807) is 0 Å². The molecule has 0 aromatic heterocycles. The van der Waals surface area contributed by atoms with Crippen LogP contribution < -0.4 is 20.2 Å². The van der Waals surface area contributed by atoms with E-state index in [1.807, 2.05) is 0 Å². The lowest BCUT2D eigenvalue weighted by atomic mass is 9.81. The minimum absolute atomic E-state index is 0.122. The average molecular weight is 821 g/mol. The van der Waals surface area contributed by atoms with Gasteiger partial charge in [-0.1, -0.05) is 173 Å². The predicted molar refractivity (Wildman–Crippen MR) is 273 cm³/mol. The van der Waals surface area contributed by atoms with Crippen molar-refractivity contribution in [2.75, 3.05) is 9.80 Å². The summed E-state index contributed by atoms with van der Waals surface area (Å²) in [6, 6.07) is 64.9. The second kappa shape index (κ2) is 13.4. The fraction of sp³-hybridized carbons (Fsp3) is 0.158. The molecule has 1 aliphatic carbocycles.